The maximum absolute atomic E-state index is 12.2. The van der Waals surface area contributed by atoms with Crippen molar-refractivity contribution in [2.45, 2.75) is 25.4 Å². The minimum atomic E-state index is -3.72. The average Bonchev–Trinajstić information content (AvgIpc) is 2.74. The van der Waals surface area contributed by atoms with E-state index in [2.05, 4.69) is 30.6 Å². The lowest BCUT2D eigenvalue weighted by Crippen LogP contribution is -2.14. The Labute approximate surface area is 120 Å². The molecule has 8 heteroatoms. The van der Waals surface area contributed by atoms with Gasteiger partial charge in [-0.1, -0.05) is 0 Å². The minimum Gasteiger partial charge on any atom is -0.334 e. The van der Waals surface area contributed by atoms with Crippen molar-refractivity contribution in [3.8, 4) is 0 Å². The van der Waals surface area contributed by atoms with E-state index in [-0.39, 0.29) is 10.8 Å². The molecule has 0 amide bonds. The van der Waals surface area contributed by atoms with E-state index >= 15 is 0 Å². The summed E-state index contributed by atoms with van der Waals surface area (Å²) in [6.45, 7) is 4.36. The second kappa shape index (κ2) is 5.30. The summed E-state index contributed by atoms with van der Waals surface area (Å²) in [6.07, 6.45) is 3.02. The van der Waals surface area contributed by atoms with Crippen molar-refractivity contribution in [1.29, 1.82) is 0 Å². The van der Waals surface area contributed by atoms with Crippen molar-refractivity contribution in [2.75, 3.05) is 4.72 Å². The number of imidazole rings is 1. The summed E-state index contributed by atoms with van der Waals surface area (Å²) in [5.74, 6) is 0.897. The van der Waals surface area contributed by atoms with Gasteiger partial charge in [-0.25, -0.2) is 9.97 Å². The van der Waals surface area contributed by atoms with Gasteiger partial charge in [-0.2, -0.15) is 8.42 Å². The van der Waals surface area contributed by atoms with Gasteiger partial charge in [0.15, 0.2) is 10.8 Å². The van der Waals surface area contributed by atoms with Gasteiger partial charge in [0.1, 0.15) is 5.82 Å². The van der Waals surface area contributed by atoms with Gasteiger partial charge in [0.25, 0.3) is 10.0 Å². The molecule has 0 unspecified atom stereocenters. The number of rotatable bonds is 4. The molecular formula is C11H13BrN4O2S. The number of pyridine rings is 1. The highest BCUT2D eigenvalue weighted by atomic mass is 79.9. The number of halogens is 1. The fraction of sp³-hybridized carbons (Fsp3) is 0.273. The molecule has 0 aliphatic rings. The van der Waals surface area contributed by atoms with Gasteiger partial charge in [-0.15, -0.1) is 0 Å². The van der Waals surface area contributed by atoms with Crippen LogP contribution in [0.4, 0.5) is 5.82 Å². The smallest absolute Gasteiger partial charge is 0.282 e. The number of aryl methyl sites for hydroxylation is 2. The van der Waals surface area contributed by atoms with Crippen molar-refractivity contribution < 1.29 is 8.42 Å². The van der Waals surface area contributed by atoms with E-state index in [1.807, 2.05) is 6.92 Å². The first kappa shape index (κ1) is 14.0. The van der Waals surface area contributed by atoms with Crippen LogP contribution in [0.3, 0.4) is 0 Å². The maximum atomic E-state index is 12.2. The van der Waals surface area contributed by atoms with Crippen LogP contribution in [0.1, 0.15) is 12.7 Å². The van der Waals surface area contributed by atoms with Gasteiger partial charge < -0.3 is 4.57 Å². The van der Waals surface area contributed by atoms with Gasteiger partial charge in [0.05, 0.1) is 4.47 Å². The van der Waals surface area contributed by atoms with Crippen molar-refractivity contribution in [3.05, 3.63) is 34.8 Å². The molecule has 0 saturated heterocycles. The zero-order valence-corrected chi connectivity index (χ0v) is 12.9. The van der Waals surface area contributed by atoms with Crippen LogP contribution in [0.25, 0.3) is 0 Å². The average molecular weight is 345 g/mol. The molecule has 0 aromatic carbocycles. The zero-order valence-electron chi connectivity index (χ0n) is 10.5. The molecule has 0 atom stereocenters. The molecule has 19 heavy (non-hydrogen) atoms. The Hall–Kier alpha value is -1.41. The van der Waals surface area contributed by atoms with Crippen LogP contribution in [-0.4, -0.2) is 23.0 Å². The molecular weight excluding hydrogens is 332 g/mol. The summed E-state index contributed by atoms with van der Waals surface area (Å²) in [5, 5.41) is -0.00981. The summed E-state index contributed by atoms with van der Waals surface area (Å²) >= 11 is 3.24. The number of sulfonamides is 1. The predicted octanol–water partition coefficient (Wildman–Crippen LogP) is 2.17. The van der Waals surface area contributed by atoms with E-state index < -0.39 is 10.0 Å². The Balaban J connectivity index is 2.35. The lowest BCUT2D eigenvalue weighted by atomic mass is 10.5. The predicted molar refractivity (Wildman–Crippen MR) is 75.4 cm³/mol. The van der Waals surface area contributed by atoms with E-state index in [0.29, 0.717) is 16.8 Å². The maximum Gasteiger partial charge on any atom is 0.282 e. The Morgan fingerprint density at radius 3 is 2.79 bits per heavy atom. The topological polar surface area (TPSA) is 76.9 Å². The summed E-state index contributed by atoms with van der Waals surface area (Å²) in [5.41, 5.74) is 0. The highest BCUT2D eigenvalue weighted by Gasteiger charge is 2.20. The second-order valence-corrected chi connectivity index (χ2v) is 6.34. The summed E-state index contributed by atoms with van der Waals surface area (Å²) < 4.78 is 29.1. The standard InChI is InChI=1S/C11H13BrN4O2S/c1-3-16-7-10(14-8(16)2)19(17,18)15-11-9(12)5-4-6-13-11/h4-7H,3H2,1-2H3,(H,13,15). The molecule has 2 aromatic heterocycles. The Bertz CT molecular complexity index is 696. The van der Waals surface area contributed by atoms with Crippen molar-refractivity contribution in [3.63, 3.8) is 0 Å². The molecule has 0 aliphatic heterocycles. The van der Waals surface area contributed by atoms with E-state index in [1.165, 1.54) is 12.4 Å². The minimum absolute atomic E-state index is 0.00981. The van der Waals surface area contributed by atoms with E-state index in [4.69, 9.17) is 0 Å². The molecule has 0 bridgehead atoms. The van der Waals surface area contributed by atoms with Gasteiger partial charge in [-0.3, -0.25) is 4.72 Å². The Morgan fingerprint density at radius 1 is 1.47 bits per heavy atom. The molecule has 0 saturated carbocycles. The molecule has 0 aliphatic carbocycles. The SMILES string of the molecule is CCn1cc(S(=O)(=O)Nc2ncccc2Br)nc1C. The van der Waals surface area contributed by atoms with Crippen LogP contribution in [0.5, 0.6) is 0 Å². The lowest BCUT2D eigenvalue weighted by molar-refractivity contribution is 0.597. The van der Waals surface area contributed by atoms with Gasteiger partial charge in [0.2, 0.25) is 0 Å². The zero-order chi connectivity index (χ0) is 14.0. The number of nitrogens with zero attached hydrogens (tertiary/aromatic N) is 3. The quantitative estimate of drug-likeness (QED) is 0.921. The van der Waals surface area contributed by atoms with E-state index in [1.54, 1.807) is 23.6 Å². The first-order valence-electron chi connectivity index (χ1n) is 5.61. The van der Waals surface area contributed by atoms with Crippen LogP contribution in [0.2, 0.25) is 0 Å². The summed E-state index contributed by atoms with van der Waals surface area (Å²) in [4.78, 5) is 8.02. The second-order valence-electron chi connectivity index (χ2n) is 3.85. The van der Waals surface area contributed by atoms with Crippen LogP contribution >= 0.6 is 15.9 Å². The molecule has 0 spiro atoms. The fourth-order valence-corrected chi connectivity index (χ4v) is 3.09. The monoisotopic (exact) mass is 344 g/mol. The molecule has 1 N–H and O–H groups in total. The van der Waals surface area contributed by atoms with Crippen molar-refractivity contribution in [1.82, 2.24) is 14.5 Å². The number of hydrogen-bond acceptors (Lipinski definition) is 4. The fourth-order valence-electron chi connectivity index (χ4n) is 1.57. The number of anilines is 1. The first-order chi connectivity index (χ1) is 8.94. The third-order valence-electron chi connectivity index (χ3n) is 2.56. The molecule has 102 valence electrons. The summed E-state index contributed by atoms with van der Waals surface area (Å²) in [7, 11) is -3.72. The van der Waals surface area contributed by atoms with E-state index in [0.717, 1.165) is 0 Å². The van der Waals surface area contributed by atoms with Crippen molar-refractivity contribution in [2.24, 2.45) is 0 Å². The normalized spacial score (nSPS) is 11.5. The van der Waals surface area contributed by atoms with Crippen LogP contribution in [0.15, 0.2) is 34.0 Å². The molecule has 0 radical (unpaired) electrons. The number of aromatic nitrogens is 3. The van der Waals surface area contributed by atoms with Crippen LogP contribution in [-0.2, 0) is 16.6 Å². The van der Waals surface area contributed by atoms with Crippen LogP contribution < -0.4 is 4.72 Å². The van der Waals surface area contributed by atoms with Gasteiger partial charge in [0, 0.05) is 18.9 Å². The Morgan fingerprint density at radius 2 is 2.21 bits per heavy atom. The Kier molecular flexibility index (Phi) is 3.91. The third-order valence-corrected chi connectivity index (χ3v) is 4.41. The molecule has 2 heterocycles. The third kappa shape index (κ3) is 2.95. The van der Waals surface area contributed by atoms with E-state index in [9.17, 15) is 8.42 Å². The highest BCUT2D eigenvalue weighted by molar-refractivity contribution is 9.10. The summed E-state index contributed by atoms with van der Waals surface area (Å²) in [6, 6.07) is 3.42. The van der Waals surface area contributed by atoms with Gasteiger partial charge >= 0.3 is 0 Å². The number of nitrogens with one attached hydrogen (secondary N) is 1. The molecule has 2 aromatic rings. The van der Waals surface area contributed by atoms with Crippen molar-refractivity contribution >= 4 is 31.8 Å². The first-order valence-corrected chi connectivity index (χ1v) is 7.88. The highest BCUT2D eigenvalue weighted by Crippen LogP contribution is 2.21. The number of hydrogen-bond donors (Lipinski definition) is 1. The largest absolute Gasteiger partial charge is 0.334 e. The molecule has 2 rings (SSSR count). The lowest BCUT2D eigenvalue weighted by Gasteiger charge is -2.05. The van der Waals surface area contributed by atoms with Crippen LogP contribution in [0, 0.1) is 6.92 Å². The van der Waals surface area contributed by atoms with Gasteiger partial charge in [-0.05, 0) is 41.9 Å². The molecule has 6 nitrogen and oxygen atoms in total. The molecule has 0 fully saturated rings.